The van der Waals surface area contributed by atoms with Crippen LogP contribution in [0.3, 0.4) is 0 Å². The molecule has 0 amide bonds. The van der Waals surface area contributed by atoms with Crippen LogP contribution in [0.25, 0.3) is 0 Å². The summed E-state index contributed by atoms with van der Waals surface area (Å²) in [6.45, 7) is 4.47. The molecule has 0 atom stereocenters. The van der Waals surface area contributed by atoms with E-state index in [-0.39, 0.29) is 59.0 Å². The molecule has 0 N–H and O–H groups in total. The molecule has 0 aromatic heterocycles. The van der Waals surface area contributed by atoms with Crippen molar-refractivity contribution < 1.29 is 35.4 Å². The van der Waals surface area contributed by atoms with E-state index in [1.165, 1.54) is 139 Å². The van der Waals surface area contributed by atoms with Crippen LogP contribution in [0.4, 0.5) is 0 Å². The van der Waals surface area contributed by atoms with Gasteiger partial charge < -0.3 is 18.6 Å². The molecule has 0 radical (unpaired) electrons. The first-order valence-corrected chi connectivity index (χ1v) is 23.5. The van der Waals surface area contributed by atoms with Gasteiger partial charge in [0.15, 0.2) is 0 Å². The Kier molecular flexibility index (Phi) is 25.7. The van der Waals surface area contributed by atoms with Crippen LogP contribution in [-0.4, -0.2) is 63.7 Å². The topological polar surface area (TPSA) is 133 Å². The molecule has 11 heteroatoms. The molecule has 0 spiro atoms. The van der Waals surface area contributed by atoms with Gasteiger partial charge in [-0.05, 0) is 73.2 Å². The summed E-state index contributed by atoms with van der Waals surface area (Å²) in [6, 6.07) is 27.2. The van der Waals surface area contributed by atoms with E-state index < -0.39 is 20.2 Å². The average molecular weight is 847 g/mol. The first-order valence-electron chi connectivity index (χ1n) is 20.7. The van der Waals surface area contributed by atoms with Crippen LogP contribution in [0.1, 0.15) is 141 Å². The van der Waals surface area contributed by atoms with Crippen molar-refractivity contribution in [3.05, 3.63) is 108 Å². The number of rotatable bonds is 26. The molecule has 0 unspecified atom stereocenters. The Morgan fingerprint density at radius 2 is 0.649 bits per heavy atom. The molecule has 0 bridgehead atoms. The smallest absolute Gasteiger partial charge is 0.744 e. The second kappa shape index (κ2) is 28.9. The molecule has 8 nitrogen and oxygen atoms in total. The van der Waals surface area contributed by atoms with Crippen molar-refractivity contribution in [3.63, 3.8) is 0 Å². The fraction of sp³-hybridized carbons (Fsp3) is 0.478. The van der Waals surface area contributed by atoms with Gasteiger partial charge in [-0.1, -0.05) is 177 Å². The Balaban J connectivity index is 0.000000387. The van der Waals surface area contributed by atoms with Gasteiger partial charge in [-0.15, -0.1) is 0 Å². The molecule has 0 aliphatic carbocycles. The number of unbranched alkanes of at least 4 members (excludes halogenated alkanes) is 16. The van der Waals surface area contributed by atoms with E-state index in [9.17, 15) is 25.9 Å². The van der Waals surface area contributed by atoms with Crippen LogP contribution in [0, 0.1) is 0 Å². The van der Waals surface area contributed by atoms with Gasteiger partial charge >= 0.3 is 37.7 Å². The maximum Gasteiger partial charge on any atom is 2.00 e. The van der Waals surface area contributed by atoms with Crippen molar-refractivity contribution in [1.82, 2.24) is 0 Å². The Bertz CT molecular complexity index is 1780. The fourth-order valence-corrected chi connectivity index (χ4v) is 7.79. The number of benzene rings is 4. The Hall–Kier alpha value is -2.44. The van der Waals surface area contributed by atoms with E-state index in [4.69, 9.17) is 9.47 Å². The molecule has 0 aliphatic rings. The van der Waals surface area contributed by atoms with E-state index >= 15 is 0 Å². The second-order valence-electron chi connectivity index (χ2n) is 14.4. The molecule has 0 aliphatic heterocycles. The van der Waals surface area contributed by atoms with Crippen molar-refractivity contribution in [2.45, 2.75) is 152 Å². The zero-order valence-electron chi connectivity index (χ0n) is 34.2. The van der Waals surface area contributed by atoms with Gasteiger partial charge in [0.25, 0.3) is 0 Å². The molecular formula is C46H62CaO8S2. The summed E-state index contributed by atoms with van der Waals surface area (Å²) in [5.41, 5.74) is 2.06. The summed E-state index contributed by atoms with van der Waals surface area (Å²) in [5.74, 6) is 1.38. The van der Waals surface area contributed by atoms with Crippen molar-refractivity contribution >= 4 is 58.0 Å². The van der Waals surface area contributed by atoms with E-state index in [1.807, 2.05) is 48.5 Å². The standard InChI is InChI=1S/2C23H32O4S.Ca/c2*1-2-3-4-5-6-7-8-9-10-15-20-16-11-12-17-21(20)27-22-18-13-14-19-23(22)28(24,25)26;/h2*11-14,16-19H,2-10,15H2,1H3,(H,24,25,26);/q;;+2/p-2. The molecule has 308 valence electrons. The summed E-state index contributed by atoms with van der Waals surface area (Å²) in [4.78, 5) is -0.652. The van der Waals surface area contributed by atoms with Crippen molar-refractivity contribution in [2.24, 2.45) is 0 Å². The van der Waals surface area contributed by atoms with Crippen molar-refractivity contribution in [3.8, 4) is 23.0 Å². The summed E-state index contributed by atoms with van der Waals surface area (Å²) < 4.78 is 80.3. The first kappa shape index (κ1) is 50.7. The maximum absolute atomic E-state index is 11.4. The summed E-state index contributed by atoms with van der Waals surface area (Å²) >= 11 is 0. The Morgan fingerprint density at radius 1 is 0.386 bits per heavy atom. The first-order chi connectivity index (χ1) is 27.0. The molecule has 0 heterocycles. The van der Waals surface area contributed by atoms with E-state index in [2.05, 4.69) is 13.8 Å². The minimum Gasteiger partial charge on any atom is -0.744 e. The molecular weight excluding hydrogens is 785 g/mol. The zero-order chi connectivity index (χ0) is 40.5. The third kappa shape index (κ3) is 20.4. The molecule has 0 saturated carbocycles. The molecule has 0 fully saturated rings. The van der Waals surface area contributed by atoms with E-state index in [0.29, 0.717) is 11.5 Å². The summed E-state index contributed by atoms with van der Waals surface area (Å²) in [6.07, 6.45) is 24.6. The third-order valence-corrected chi connectivity index (χ3v) is 11.5. The quantitative estimate of drug-likeness (QED) is 0.0346. The zero-order valence-corrected chi connectivity index (χ0v) is 38.0. The van der Waals surface area contributed by atoms with Gasteiger partial charge in [0.1, 0.15) is 43.2 Å². The van der Waals surface area contributed by atoms with Gasteiger partial charge in [0, 0.05) is 0 Å². The normalized spacial score (nSPS) is 11.3. The predicted molar refractivity (Wildman–Crippen MR) is 229 cm³/mol. The predicted octanol–water partition coefficient (Wildman–Crippen LogP) is 12.5. The fourth-order valence-electron chi connectivity index (χ4n) is 6.59. The number of para-hydroxylation sites is 4. The van der Waals surface area contributed by atoms with Gasteiger partial charge in [-0.3, -0.25) is 0 Å². The minimum absolute atomic E-state index is 0. The average Bonchev–Trinajstić information content (AvgIpc) is 3.18. The largest absolute Gasteiger partial charge is 2.00 e. The van der Waals surface area contributed by atoms with Crippen molar-refractivity contribution in [1.29, 1.82) is 0 Å². The molecule has 57 heavy (non-hydrogen) atoms. The number of hydrogen-bond acceptors (Lipinski definition) is 8. The Morgan fingerprint density at radius 3 is 0.965 bits per heavy atom. The monoisotopic (exact) mass is 846 g/mol. The van der Waals surface area contributed by atoms with E-state index in [0.717, 1.165) is 36.8 Å². The van der Waals surface area contributed by atoms with Gasteiger partial charge in [0.05, 0.1) is 9.79 Å². The van der Waals surface area contributed by atoms with Crippen LogP contribution in [-0.2, 0) is 33.1 Å². The van der Waals surface area contributed by atoms with E-state index in [1.54, 1.807) is 12.1 Å². The third-order valence-electron chi connectivity index (χ3n) is 9.72. The second-order valence-corrected chi connectivity index (χ2v) is 17.1. The molecule has 4 aromatic carbocycles. The number of hydrogen-bond donors (Lipinski definition) is 0. The SMILES string of the molecule is CCCCCCCCCCCc1ccccc1Oc1ccccc1S(=O)(=O)[O-].CCCCCCCCCCCc1ccccc1Oc1ccccc1S(=O)(=O)[O-].[Ca+2]. The maximum atomic E-state index is 11.4. The van der Waals surface area contributed by atoms with Gasteiger partial charge in [-0.2, -0.15) is 0 Å². The van der Waals surface area contributed by atoms with Gasteiger partial charge in [0.2, 0.25) is 0 Å². The van der Waals surface area contributed by atoms with Crippen LogP contribution in [0.2, 0.25) is 0 Å². The number of aryl methyl sites for hydroxylation is 2. The summed E-state index contributed by atoms with van der Waals surface area (Å²) in [7, 11) is -9.15. The van der Waals surface area contributed by atoms with Crippen LogP contribution in [0.15, 0.2) is 107 Å². The minimum atomic E-state index is -4.58. The molecule has 4 aromatic rings. The summed E-state index contributed by atoms with van der Waals surface area (Å²) in [5, 5.41) is 0. The number of ether oxygens (including phenoxy) is 2. The van der Waals surface area contributed by atoms with Gasteiger partial charge in [-0.25, -0.2) is 16.8 Å². The molecule has 0 saturated heterocycles. The van der Waals surface area contributed by atoms with Crippen LogP contribution in [0.5, 0.6) is 23.0 Å². The Labute approximate surface area is 373 Å². The van der Waals surface area contributed by atoms with Crippen molar-refractivity contribution in [2.75, 3.05) is 0 Å². The molecule has 4 rings (SSSR count). The van der Waals surface area contributed by atoms with Crippen LogP contribution >= 0.6 is 0 Å². The van der Waals surface area contributed by atoms with Crippen LogP contribution < -0.4 is 9.47 Å².